The Labute approximate surface area is 142 Å². The van der Waals surface area contributed by atoms with Crippen molar-refractivity contribution in [2.24, 2.45) is 0 Å². The highest BCUT2D eigenvalue weighted by molar-refractivity contribution is 5.74. The molecule has 1 aromatic carbocycles. The van der Waals surface area contributed by atoms with E-state index in [0.717, 1.165) is 49.5 Å². The standard InChI is InChI=1S/C18H25N3O3/c1-5-7-21-8-6-14-13(11-21)18(20-19-14)12-9-16(23-3)17(24-4)10-15(12)22-2/h9-10H,5-8,11H2,1-4H3,(H,19,20). The Morgan fingerprint density at radius 3 is 2.46 bits per heavy atom. The van der Waals surface area contributed by atoms with Crippen molar-refractivity contribution in [2.45, 2.75) is 26.3 Å². The first-order valence-electron chi connectivity index (χ1n) is 8.30. The number of aromatic nitrogens is 2. The van der Waals surface area contributed by atoms with Crippen molar-refractivity contribution >= 4 is 0 Å². The van der Waals surface area contributed by atoms with Crippen molar-refractivity contribution < 1.29 is 14.2 Å². The van der Waals surface area contributed by atoms with Crippen LogP contribution in [-0.2, 0) is 13.0 Å². The van der Waals surface area contributed by atoms with Crippen LogP contribution < -0.4 is 14.2 Å². The van der Waals surface area contributed by atoms with E-state index in [0.29, 0.717) is 11.5 Å². The smallest absolute Gasteiger partial charge is 0.164 e. The van der Waals surface area contributed by atoms with Gasteiger partial charge in [-0.1, -0.05) is 6.92 Å². The van der Waals surface area contributed by atoms with Gasteiger partial charge in [0.2, 0.25) is 0 Å². The van der Waals surface area contributed by atoms with Crippen LogP contribution in [0.25, 0.3) is 11.3 Å². The molecule has 0 radical (unpaired) electrons. The fraction of sp³-hybridized carbons (Fsp3) is 0.500. The Morgan fingerprint density at radius 2 is 1.79 bits per heavy atom. The summed E-state index contributed by atoms with van der Waals surface area (Å²) in [6.45, 7) is 5.30. The van der Waals surface area contributed by atoms with E-state index in [4.69, 9.17) is 14.2 Å². The molecule has 2 heterocycles. The van der Waals surface area contributed by atoms with E-state index in [1.807, 2.05) is 12.1 Å². The highest BCUT2D eigenvalue weighted by atomic mass is 16.5. The molecule has 1 aliphatic rings. The minimum atomic E-state index is 0.648. The number of H-pyrrole nitrogens is 1. The van der Waals surface area contributed by atoms with E-state index in [-0.39, 0.29) is 0 Å². The summed E-state index contributed by atoms with van der Waals surface area (Å²) in [6, 6.07) is 3.79. The molecule has 6 heteroatoms. The number of hydrogen-bond acceptors (Lipinski definition) is 5. The lowest BCUT2D eigenvalue weighted by Crippen LogP contribution is -2.31. The van der Waals surface area contributed by atoms with Crippen molar-refractivity contribution in [3.8, 4) is 28.5 Å². The van der Waals surface area contributed by atoms with E-state index < -0.39 is 0 Å². The molecule has 6 nitrogen and oxygen atoms in total. The second kappa shape index (κ2) is 7.13. The third kappa shape index (κ3) is 2.94. The summed E-state index contributed by atoms with van der Waals surface area (Å²) in [7, 11) is 4.92. The van der Waals surface area contributed by atoms with Gasteiger partial charge in [0.1, 0.15) is 11.4 Å². The van der Waals surface area contributed by atoms with Gasteiger partial charge in [0, 0.05) is 42.4 Å². The molecule has 3 rings (SSSR count). The van der Waals surface area contributed by atoms with Crippen molar-refractivity contribution in [1.29, 1.82) is 0 Å². The lowest BCUT2D eigenvalue weighted by atomic mass is 10.00. The molecule has 1 aromatic heterocycles. The molecule has 130 valence electrons. The minimum absolute atomic E-state index is 0.648. The van der Waals surface area contributed by atoms with Gasteiger partial charge < -0.3 is 14.2 Å². The van der Waals surface area contributed by atoms with Crippen LogP contribution in [0, 0.1) is 0 Å². The van der Waals surface area contributed by atoms with Gasteiger partial charge >= 0.3 is 0 Å². The average Bonchev–Trinajstić information content (AvgIpc) is 3.03. The van der Waals surface area contributed by atoms with Gasteiger partial charge in [0.25, 0.3) is 0 Å². The molecule has 0 amide bonds. The summed E-state index contributed by atoms with van der Waals surface area (Å²) in [5.74, 6) is 2.05. The second-order valence-corrected chi connectivity index (χ2v) is 5.96. The molecule has 1 N–H and O–H groups in total. The minimum Gasteiger partial charge on any atom is -0.496 e. The van der Waals surface area contributed by atoms with Gasteiger partial charge in [0.05, 0.1) is 21.3 Å². The first-order chi connectivity index (χ1) is 11.7. The van der Waals surface area contributed by atoms with Crippen LogP contribution in [0.2, 0.25) is 0 Å². The zero-order valence-corrected chi connectivity index (χ0v) is 14.8. The van der Waals surface area contributed by atoms with Gasteiger partial charge in [-0.15, -0.1) is 0 Å². The summed E-state index contributed by atoms with van der Waals surface area (Å²) in [5.41, 5.74) is 4.32. The molecule has 0 spiro atoms. The van der Waals surface area contributed by atoms with Gasteiger partial charge in [-0.2, -0.15) is 5.10 Å². The van der Waals surface area contributed by atoms with E-state index in [2.05, 4.69) is 22.0 Å². The Balaban J connectivity index is 2.05. The lowest BCUT2D eigenvalue weighted by Gasteiger charge is -2.26. The molecule has 2 aromatic rings. The van der Waals surface area contributed by atoms with Crippen molar-refractivity contribution in [2.75, 3.05) is 34.4 Å². The van der Waals surface area contributed by atoms with Crippen LogP contribution in [-0.4, -0.2) is 49.5 Å². The van der Waals surface area contributed by atoms with Crippen LogP contribution in [0.15, 0.2) is 12.1 Å². The van der Waals surface area contributed by atoms with Crippen LogP contribution >= 0.6 is 0 Å². The molecule has 24 heavy (non-hydrogen) atoms. The fourth-order valence-corrected chi connectivity index (χ4v) is 3.30. The molecule has 0 atom stereocenters. The van der Waals surface area contributed by atoms with Gasteiger partial charge in [-0.3, -0.25) is 10.00 Å². The molecule has 0 aliphatic carbocycles. The normalized spacial score (nSPS) is 14.3. The Bertz CT molecular complexity index is 712. The highest BCUT2D eigenvalue weighted by Crippen LogP contribution is 2.41. The lowest BCUT2D eigenvalue weighted by molar-refractivity contribution is 0.254. The summed E-state index contributed by atoms with van der Waals surface area (Å²) in [5, 5.41) is 7.77. The van der Waals surface area contributed by atoms with Crippen molar-refractivity contribution in [3.05, 3.63) is 23.4 Å². The van der Waals surface area contributed by atoms with Gasteiger partial charge in [-0.05, 0) is 19.0 Å². The zero-order valence-electron chi connectivity index (χ0n) is 14.8. The quantitative estimate of drug-likeness (QED) is 0.882. The summed E-state index contributed by atoms with van der Waals surface area (Å²) < 4.78 is 16.4. The Kier molecular flexibility index (Phi) is 4.94. The zero-order chi connectivity index (χ0) is 17.1. The number of nitrogens with one attached hydrogen (secondary N) is 1. The number of hydrogen-bond donors (Lipinski definition) is 1. The predicted molar refractivity (Wildman–Crippen MR) is 93.0 cm³/mol. The topological polar surface area (TPSA) is 59.6 Å². The molecule has 0 bridgehead atoms. The monoisotopic (exact) mass is 331 g/mol. The third-order valence-corrected chi connectivity index (χ3v) is 4.51. The highest BCUT2D eigenvalue weighted by Gasteiger charge is 2.25. The van der Waals surface area contributed by atoms with E-state index in [1.54, 1.807) is 21.3 Å². The molecular weight excluding hydrogens is 306 g/mol. The molecule has 0 fully saturated rings. The third-order valence-electron chi connectivity index (χ3n) is 4.51. The summed E-state index contributed by atoms with van der Waals surface area (Å²) >= 11 is 0. The fourth-order valence-electron chi connectivity index (χ4n) is 3.30. The van der Waals surface area contributed by atoms with Gasteiger partial charge in [-0.25, -0.2) is 0 Å². The maximum atomic E-state index is 5.57. The van der Waals surface area contributed by atoms with Crippen molar-refractivity contribution in [3.63, 3.8) is 0 Å². The molecule has 0 saturated heterocycles. The number of methoxy groups -OCH3 is 3. The SMILES string of the molecule is CCCN1CCc2[nH]nc(-c3cc(OC)c(OC)cc3OC)c2C1. The van der Waals surface area contributed by atoms with E-state index in [9.17, 15) is 0 Å². The Morgan fingerprint density at radius 1 is 1.08 bits per heavy atom. The number of benzene rings is 1. The van der Waals surface area contributed by atoms with Crippen LogP contribution in [0.5, 0.6) is 17.2 Å². The Hall–Kier alpha value is -2.21. The van der Waals surface area contributed by atoms with Crippen molar-refractivity contribution in [1.82, 2.24) is 15.1 Å². The van der Waals surface area contributed by atoms with E-state index >= 15 is 0 Å². The molecular formula is C18H25N3O3. The van der Waals surface area contributed by atoms with Crippen LogP contribution in [0.1, 0.15) is 24.6 Å². The maximum Gasteiger partial charge on any atom is 0.164 e. The molecule has 1 aliphatic heterocycles. The molecule has 0 unspecified atom stereocenters. The average molecular weight is 331 g/mol. The van der Waals surface area contributed by atoms with Crippen LogP contribution in [0.4, 0.5) is 0 Å². The van der Waals surface area contributed by atoms with E-state index in [1.165, 1.54) is 11.3 Å². The summed E-state index contributed by atoms with van der Waals surface area (Å²) in [4.78, 5) is 2.47. The maximum absolute atomic E-state index is 5.57. The number of fused-ring (bicyclic) bond motifs is 1. The second-order valence-electron chi connectivity index (χ2n) is 5.96. The first-order valence-corrected chi connectivity index (χ1v) is 8.30. The number of nitrogens with zero attached hydrogens (tertiary/aromatic N) is 2. The van der Waals surface area contributed by atoms with Crippen LogP contribution in [0.3, 0.4) is 0 Å². The number of aromatic amines is 1. The number of ether oxygens (including phenoxy) is 3. The largest absolute Gasteiger partial charge is 0.496 e. The predicted octanol–water partition coefficient (Wildman–Crippen LogP) is 2.87. The molecule has 0 saturated carbocycles. The number of rotatable bonds is 6. The van der Waals surface area contributed by atoms with Gasteiger partial charge in [0.15, 0.2) is 11.5 Å². The first kappa shape index (κ1) is 16.6. The summed E-state index contributed by atoms with van der Waals surface area (Å²) in [6.07, 6.45) is 2.15.